The third kappa shape index (κ3) is 6.24. The Morgan fingerprint density at radius 2 is 2.17 bits per heavy atom. The summed E-state index contributed by atoms with van der Waals surface area (Å²) in [7, 11) is 0. The molecular formula is C10H14F3N3O2. The van der Waals surface area contributed by atoms with Crippen molar-refractivity contribution < 1.29 is 22.6 Å². The topological polar surface area (TPSA) is 56.3 Å². The van der Waals surface area contributed by atoms with Crippen molar-refractivity contribution >= 4 is 5.95 Å². The Kier molecular flexibility index (Phi) is 5.63. The predicted octanol–water partition coefficient (Wildman–Crippen LogP) is 1.87. The molecule has 1 heterocycles. The van der Waals surface area contributed by atoms with Crippen LogP contribution in [0.15, 0.2) is 12.3 Å². The largest absolute Gasteiger partial charge is 0.478 e. The molecule has 1 aromatic rings. The molecule has 0 aromatic carbocycles. The molecule has 18 heavy (non-hydrogen) atoms. The van der Waals surface area contributed by atoms with Crippen LogP contribution < -0.4 is 10.1 Å². The van der Waals surface area contributed by atoms with Crippen LogP contribution in [0.25, 0.3) is 0 Å². The molecule has 0 radical (unpaired) electrons. The summed E-state index contributed by atoms with van der Waals surface area (Å²) in [6, 6.07) is 1.59. The van der Waals surface area contributed by atoms with Gasteiger partial charge in [-0.3, -0.25) is 0 Å². The van der Waals surface area contributed by atoms with Gasteiger partial charge in [0.1, 0.15) is 6.61 Å². The summed E-state index contributed by atoms with van der Waals surface area (Å²) in [6.07, 6.45) is -2.80. The highest BCUT2D eigenvalue weighted by atomic mass is 19.4. The minimum Gasteiger partial charge on any atom is -0.478 e. The van der Waals surface area contributed by atoms with Gasteiger partial charge >= 0.3 is 6.18 Å². The normalized spacial score (nSPS) is 11.3. The van der Waals surface area contributed by atoms with Gasteiger partial charge in [0.15, 0.2) is 0 Å². The van der Waals surface area contributed by atoms with E-state index in [4.69, 9.17) is 4.74 Å². The average molecular weight is 265 g/mol. The third-order valence-electron chi connectivity index (χ3n) is 1.72. The highest BCUT2D eigenvalue weighted by Crippen LogP contribution is 2.14. The first kappa shape index (κ1) is 14.5. The van der Waals surface area contributed by atoms with E-state index in [0.717, 1.165) is 0 Å². The fourth-order valence-electron chi connectivity index (χ4n) is 1.08. The van der Waals surface area contributed by atoms with E-state index < -0.39 is 12.8 Å². The molecule has 0 aliphatic rings. The zero-order chi connectivity index (χ0) is 13.4. The van der Waals surface area contributed by atoms with Gasteiger partial charge < -0.3 is 14.8 Å². The number of alkyl halides is 3. The number of ether oxygens (including phenoxy) is 2. The molecular weight excluding hydrogens is 251 g/mol. The van der Waals surface area contributed by atoms with Gasteiger partial charge in [-0.05, 0) is 6.92 Å². The molecule has 0 amide bonds. The van der Waals surface area contributed by atoms with Crippen LogP contribution in [-0.2, 0) is 4.74 Å². The van der Waals surface area contributed by atoms with Crippen LogP contribution in [0.2, 0.25) is 0 Å². The Morgan fingerprint density at radius 1 is 1.39 bits per heavy atom. The molecule has 0 unspecified atom stereocenters. The first-order chi connectivity index (χ1) is 8.51. The molecule has 102 valence electrons. The zero-order valence-electron chi connectivity index (χ0n) is 9.83. The SMILES string of the molecule is CCOc1ccnc(NCCOCC(F)(F)F)n1. The number of aromatic nitrogens is 2. The van der Waals surface area contributed by atoms with Crippen LogP contribution >= 0.6 is 0 Å². The van der Waals surface area contributed by atoms with Crippen molar-refractivity contribution in [2.75, 3.05) is 31.7 Å². The zero-order valence-corrected chi connectivity index (χ0v) is 9.83. The van der Waals surface area contributed by atoms with E-state index in [-0.39, 0.29) is 19.1 Å². The Hall–Kier alpha value is -1.57. The second-order valence-electron chi connectivity index (χ2n) is 3.25. The van der Waals surface area contributed by atoms with Gasteiger partial charge in [-0.1, -0.05) is 0 Å². The van der Waals surface area contributed by atoms with Gasteiger partial charge in [-0.25, -0.2) is 4.98 Å². The molecule has 0 saturated carbocycles. The summed E-state index contributed by atoms with van der Waals surface area (Å²) in [5.41, 5.74) is 0. The molecule has 5 nitrogen and oxygen atoms in total. The molecule has 0 fully saturated rings. The van der Waals surface area contributed by atoms with Crippen LogP contribution in [0.5, 0.6) is 5.88 Å². The summed E-state index contributed by atoms with van der Waals surface area (Å²) < 4.78 is 44.8. The van der Waals surface area contributed by atoms with Gasteiger partial charge in [0.05, 0.1) is 13.2 Å². The maximum atomic E-state index is 11.8. The van der Waals surface area contributed by atoms with E-state index in [9.17, 15) is 13.2 Å². The van der Waals surface area contributed by atoms with Gasteiger partial charge in [0.2, 0.25) is 11.8 Å². The molecule has 0 atom stereocenters. The Morgan fingerprint density at radius 3 is 2.83 bits per heavy atom. The molecule has 8 heteroatoms. The van der Waals surface area contributed by atoms with Crippen molar-refractivity contribution in [2.24, 2.45) is 0 Å². The Labute approximate surface area is 102 Å². The molecule has 1 rings (SSSR count). The number of anilines is 1. The monoisotopic (exact) mass is 265 g/mol. The molecule has 0 bridgehead atoms. The van der Waals surface area contributed by atoms with Gasteiger partial charge in [-0.2, -0.15) is 18.2 Å². The molecule has 0 aliphatic heterocycles. The summed E-state index contributed by atoms with van der Waals surface area (Å²) in [4.78, 5) is 7.87. The number of nitrogens with zero attached hydrogens (tertiary/aromatic N) is 2. The van der Waals surface area contributed by atoms with Crippen molar-refractivity contribution in [3.63, 3.8) is 0 Å². The van der Waals surface area contributed by atoms with E-state index in [1.165, 1.54) is 6.20 Å². The van der Waals surface area contributed by atoms with Crippen LogP contribution in [0.4, 0.5) is 19.1 Å². The summed E-state index contributed by atoms with van der Waals surface area (Å²) >= 11 is 0. The standard InChI is InChI=1S/C10H14F3N3O2/c1-2-18-8-3-4-14-9(16-8)15-5-6-17-7-10(11,12)13/h3-4H,2,5-7H2,1H3,(H,14,15,16). The van der Waals surface area contributed by atoms with E-state index in [1.807, 2.05) is 6.92 Å². The van der Waals surface area contributed by atoms with Gasteiger partial charge in [-0.15, -0.1) is 0 Å². The van der Waals surface area contributed by atoms with Gasteiger partial charge in [0, 0.05) is 18.8 Å². The fourth-order valence-corrected chi connectivity index (χ4v) is 1.08. The summed E-state index contributed by atoms with van der Waals surface area (Å²) in [5.74, 6) is 0.697. The smallest absolute Gasteiger partial charge is 0.411 e. The number of nitrogens with one attached hydrogen (secondary N) is 1. The maximum Gasteiger partial charge on any atom is 0.411 e. The lowest BCUT2D eigenvalue weighted by molar-refractivity contribution is -0.172. The van der Waals surface area contributed by atoms with Crippen LogP contribution in [-0.4, -0.2) is 42.5 Å². The third-order valence-corrected chi connectivity index (χ3v) is 1.72. The van der Waals surface area contributed by atoms with E-state index in [1.54, 1.807) is 6.07 Å². The Balaban J connectivity index is 2.24. The van der Waals surface area contributed by atoms with Crippen molar-refractivity contribution in [3.05, 3.63) is 12.3 Å². The minimum atomic E-state index is -4.30. The first-order valence-corrected chi connectivity index (χ1v) is 5.35. The maximum absolute atomic E-state index is 11.8. The summed E-state index contributed by atoms with van der Waals surface area (Å²) in [6.45, 7) is 1.15. The highest BCUT2D eigenvalue weighted by Gasteiger charge is 2.27. The summed E-state index contributed by atoms with van der Waals surface area (Å²) in [5, 5.41) is 2.74. The molecule has 1 N–H and O–H groups in total. The highest BCUT2D eigenvalue weighted by molar-refractivity contribution is 5.27. The average Bonchev–Trinajstić information content (AvgIpc) is 2.28. The number of rotatable bonds is 7. The molecule has 1 aromatic heterocycles. The number of hydrogen-bond donors (Lipinski definition) is 1. The molecule has 0 saturated heterocycles. The second-order valence-corrected chi connectivity index (χ2v) is 3.25. The van der Waals surface area contributed by atoms with E-state index in [2.05, 4.69) is 20.0 Å². The van der Waals surface area contributed by atoms with Gasteiger partial charge in [0.25, 0.3) is 0 Å². The predicted molar refractivity (Wildman–Crippen MR) is 58.6 cm³/mol. The van der Waals surface area contributed by atoms with Crippen molar-refractivity contribution in [1.82, 2.24) is 9.97 Å². The van der Waals surface area contributed by atoms with E-state index >= 15 is 0 Å². The lowest BCUT2D eigenvalue weighted by Crippen LogP contribution is -2.20. The van der Waals surface area contributed by atoms with Crippen LogP contribution in [0, 0.1) is 0 Å². The first-order valence-electron chi connectivity index (χ1n) is 5.35. The second kappa shape index (κ2) is 7.00. The van der Waals surface area contributed by atoms with Crippen LogP contribution in [0.1, 0.15) is 6.92 Å². The minimum absolute atomic E-state index is 0.0816. The van der Waals surface area contributed by atoms with E-state index in [0.29, 0.717) is 12.5 Å². The Bertz CT molecular complexity index is 360. The molecule has 0 spiro atoms. The van der Waals surface area contributed by atoms with Crippen molar-refractivity contribution in [3.8, 4) is 5.88 Å². The van der Waals surface area contributed by atoms with Crippen molar-refractivity contribution in [1.29, 1.82) is 0 Å². The molecule has 0 aliphatic carbocycles. The lowest BCUT2D eigenvalue weighted by Gasteiger charge is -2.09. The fraction of sp³-hybridized carbons (Fsp3) is 0.600. The number of halogens is 3. The quantitative estimate of drug-likeness (QED) is 0.763. The van der Waals surface area contributed by atoms with Crippen LogP contribution in [0.3, 0.4) is 0 Å². The van der Waals surface area contributed by atoms with Crippen molar-refractivity contribution in [2.45, 2.75) is 13.1 Å². The number of hydrogen-bond acceptors (Lipinski definition) is 5. The lowest BCUT2D eigenvalue weighted by atomic mass is 10.6.